The Hall–Kier alpha value is -3.00. The van der Waals surface area contributed by atoms with Gasteiger partial charge in [-0.1, -0.05) is 207 Å². The molecule has 0 spiro atoms. The molecular formula is C61H103O12P. The summed E-state index contributed by atoms with van der Waals surface area (Å²) >= 11 is 0. The van der Waals surface area contributed by atoms with Crippen LogP contribution >= 0.6 is 7.82 Å². The van der Waals surface area contributed by atoms with Crippen LogP contribution < -0.4 is 0 Å². The summed E-state index contributed by atoms with van der Waals surface area (Å²) in [5, 5.41) is 50.4. The lowest BCUT2D eigenvalue weighted by Crippen LogP contribution is -2.64. The summed E-state index contributed by atoms with van der Waals surface area (Å²) in [6, 6.07) is 0. The molecule has 0 bridgehead atoms. The molecule has 13 heteroatoms. The highest BCUT2D eigenvalue weighted by atomic mass is 31.2. The molecule has 0 heterocycles. The quantitative estimate of drug-likeness (QED) is 0.0146. The second-order valence-corrected chi connectivity index (χ2v) is 20.8. The third-order valence-corrected chi connectivity index (χ3v) is 13.6. The average molecular weight is 1060 g/mol. The molecule has 1 saturated carbocycles. The minimum atomic E-state index is -5.05. The van der Waals surface area contributed by atoms with Crippen LogP contribution in [0, 0.1) is 0 Å². The van der Waals surface area contributed by atoms with Gasteiger partial charge in [-0.25, -0.2) is 4.57 Å². The molecule has 0 aromatic heterocycles. The van der Waals surface area contributed by atoms with E-state index in [1.807, 2.05) is 0 Å². The Bertz CT molecular complexity index is 1630. The van der Waals surface area contributed by atoms with Crippen molar-refractivity contribution < 1.29 is 58.3 Å². The Kier molecular flexibility index (Phi) is 46.2. The number of phosphoric acid groups is 1. The van der Waals surface area contributed by atoms with Crippen molar-refractivity contribution in [2.24, 2.45) is 0 Å². The third-order valence-electron chi connectivity index (χ3n) is 12.6. The zero-order chi connectivity index (χ0) is 54.0. The fraction of sp³-hybridized carbons (Fsp3) is 0.689. The Morgan fingerprint density at radius 3 is 1.22 bits per heavy atom. The van der Waals surface area contributed by atoms with Crippen molar-refractivity contribution in [2.45, 2.75) is 249 Å². The lowest BCUT2D eigenvalue weighted by Gasteiger charge is -2.41. The average Bonchev–Trinajstić information content (AvgIpc) is 3.39. The maximum atomic E-state index is 12.9. The van der Waals surface area contributed by atoms with Crippen LogP contribution in [0.15, 0.2) is 109 Å². The van der Waals surface area contributed by atoms with Gasteiger partial charge in [-0.3, -0.25) is 13.8 Å². The molecule has 0 aromatic carbocycles. The van der Waals surface area contributed by atoms with Gasteiger partial charge in [0.2, 0.25) is 0 Å². The first-order chi connectivity index (χ1) is 36.0. The summed E-state index contributed by atoms with van der Waals surface area (Å²) in [6.07, 6.45) is 58.6. The smallest absolute Gasteiger partial charge is 0.457 e. The van der Waals surface area contributed by atoms with E-state index in [0.717, 1.165) is 109 Å². The first-order valence-corrected chi connectivity index (χ1v) is 30.2. The Labute approximate surface area is 448 Å². The van der Waals surface area contributed by atoms with Crippen molar-refractivity contribution in [3.8, 4) is 0 Å². The summed E-state index contributed by atoms with van der Waals surface area (Å²) in [6.45, 7) is 4.10. The SMILES string of the molecule is CC/C=C\C/C=C\C/C=C\C/C=C\C/C=C\C/C=C\CCCCCCC(=O)OC(COCCCCCCCCCCC/C=C\C/C=C\C/C=C\CCCCCCC)COP(=O)(O)OC1C(O)C(O)C(O)C(O)C1O. The van der Waals surface area contributed by atoms with E-state index in [2.05, 4.69) is 123 Å². The van der Waals surface area contributed by atoms with Crippen LogP contribution in [0.3, 0.4) is 0 Å². The Balaban J connectivity index is 2.34. The van der Waals surface area contributed by atoms with Gasteiger partial charge in [0.15, 0.2) is 0 Å². The summed E-state index contributed by atoms with van der Waals surface area (Å²) in [5.41, 5.74) is 0. The molecule has 6 unspecified atom stereocenters. The molecule has 1 aliphatic rings. The fourth-order valence-corrected chi connectivity index (χ4v) is 9.10. The van der Waals surface area contributed by atoms with Crippen molar-refractivity contribution in [3.63, 3.8) is 0 Å². The van der Waals surface area contributed by atoms with E-state index in [4.69, 9.17) is 18.5 Å². The molecule has 1 aliphatic carbocycles. The molecule has 424 valence electrons. The number of aliphatic hydroxyl groups excluding tert-OH is 5. The fourth-order valence-electron chi connectivity index (χ4n) is 8.13. The number of carbonyl (C=O) groups excluding carboxylic acids is 1. The van der Waals surface area contributed by atoms with Gasteiger partial charge in [0.25, 0.3) is 0 Å². The molecule has 0 saturated heterocycles. The first kappa shape index (κ1) is 69.0. The highest BCUT2D eigenvalue weighted by Crippen LogP contribution is 2.47. The number of carbonyl (C=O) groups is 1. The van der Waals surface area contributed by atoms with Crippen LogP contribution in [-0.2, 0) is 27.9 Å². The van der Waals surface area contributed by atoms with E-state index in [1.165, 1.54) is 70.6 Å². The van der Waals surface area contributed by atoms with Gasteiger partial charge in [0.1, 0.15) is 42.7 Å². The number of hydrogen-bond donors (Lipinski definition) is 6. The van der Waals surface area contributed by atoms with Crippen LogP contribution in [0.25, 0.3) is 0 Å². The molecule has 6 N–H and O–H groups in total. The number of rotatable bonds is 48. The van der Waals surface area contributed by atoms with Gasteiger partial charge in [-0.15, -0.1) is 0 Å². The highest BCUT2D eigenvalue weighted by Gasteiger charge is 2.51. The zero-order valence-corrected chi connectivity index (χ0v) is 46.7. The molecule has 1 rings (SSSR count). The maximum absolute atomic E-state index is 12.9. The Morgan fingerprint density at radius 2 is 0.797 bits per heavy atom. The van der Waals surface area contributed by atoms with Crippen LogP contribution in [0.2, 0.25) is 0 Å². The van der Waals surface area contributed by atoms with Gasteiger partial charge in [-0.2, -0.15) is 0 Å². The van der Waals surface area contributed by atoms with Gasteiger partial charge in [-0.05, 0) is 103 Å². The van der Waals surface area contributed by atoms with E-state index in [-0.39, 0.29) is 13.0 Å². The lowest BCUT2D eigenvalue weighted by atomic mass is 9.85. The number of unbranched alkanes of at least 4 members (excludes halogenated alkanes) is 18. The minimum Gasteiger partial charge on any atom is -0.457 e. The van der Waals surface area contributed by atoms with Gasteiger partial charge >= 0.3 is 13.8 Å². The third kappa shape index (κ3) is 40.3. The molecule has 0 aliphatic heterocycles. The van der Waals surface area contributed by atoms with Crippen LogP contribution in [0.4, 0.5) is 0 Å². The largest absolute Gasteiger partial charge is 0.472 e. The van der Waals surface area contributed by atoms with Crippen molar-refractivity contribution in [1.82, 2.24) is 0 Å². The minimum absolute atomic E-state index is 0.0984. The lowest BCUT2D eigenvalue weighted by molar-refractivity contribution is -0.220. The zero-order valence-electron chi connectivity index (χ0n) is 45.8. The van der Waals surface area contributed by atoms with E-state index >= 15 is 0 Å². The summed E-state index contributed by atoms with van der Waals surface area (Å²) in [5.74, 6) is -0.507. The molecule has 74 heavy (non-hydrogen) atoms. The summed E-state index contributed by atoms with van der Waals surface area (Å²) < 4.78 is 34.4. The van der Waals surface area contributed by atoms with Crippen molar-refractivity contribution in [3.05, 3.63) is 109 Å². The molecular weight excluding hydrogens is 956 g/mol. The number of phosphoric ester groups is 1. The van der Waals surface area contributed by atoms with Crippen LogP contribution in [0.5, 0.6) is 0 Å². The monoisotopic (exact) mass is 1060 g/mol. The predicted molar refractivity (Wildman–Crippen MR) is 304 cm³/mol. The van der Waals surface area contributed by atoms with E-state index in [1.54, 1.807) is 0 Å². The normalized spacial score (nSPS) is 21.2. The molecule has 12 nitrogen and oxygen atoms in total. The maximum Gasteiger partial charge on any atom is 0.472 e. The Morgan fingerprint density at radius 1 is 0.446 bits per heavy atom. The second kappa shape index (κ2) is 49.6. The van der Waals surface area contributed by atoms with Crippen molar-refractivity contribution >= 4 is 13.8 Å². The molecule has 0 aromatic rings. The van der Waals surface area contributed by atoms with E-state index in [9.17, 15) is 39.8 Å². The number of hydrogen-bond acceptors (Lipinski definition) is 11. The van der Waals surface area contributed by atoms with E-state index in [0.29, 0.717) is 13.0 Å². The number of aliphatic hydroxyl groups is 5. The predicted octanol–water partition coefficient (Wildman–Crippen LogP) is 14.0. The van der Waals surface area contributed by atoms with Crippen molar-refractivity contribution in [2.75, 3.05) is 19.8 Å². The summed E-state index contributed by atoms with van der Waals surface area (Å²) in [4.78, 5) is 23.3. The highest BCUT2D eigenvalue weighted by molar-refractivity contribution is 7.47. The standard InChI is InChI=1S/C61H103O12P/c1-3-5-7-9-11-13-15-17-19-21-23-25-27-29-31-33-35-37-39-41-43-45-47-49-51-70-52-54(53-71-74(68,69)73-61-59(66)57(64)56(63)58(65)60(61)67)72-55(62)50-48-46-44-42-40-38-36-34-32-30-28-26-24-22-20-18-16-14-12-10-8-6-4-2/h6,8,12,14-15,17-18,20-21,23-24,26-27,29-30,32,36,38,54,56-61,63-67H,3-5,7,9-11,13,16,19,22,25,28,31,33-35,37,39-53H2,1-2H3,(H,68,69)/b8-6-,14-12-,17-15-,20-18-,23-21-,26-24-,29-27-,32-30-,38-36-. The number of ether oxygens (including phenoxy) is 2. The topological polar surface area (TPSA) is 192 Å². The second-order valence-electron chi connectivity index (χ2n) is 19.4. The van der Waals surface area contributed by atoms with Crippen LogP contribution in [-0.4, -0.2) is 98.9 Å². The van der Waals surface area contributed by atoms with Crippen LogP contribution in [0.1, 0.15) is 206 Å². The van der Waals surface area contributed by atoms with Gasteiger partial charge in [0, 0.05) is 13.0 Å². The van der Waals surface area contributed by atoms with Gasteiger partial charge < -0.3 is 39.9 Å². The summed E-state index contributed by atoms with van der Waals surface area (Å²) in [7, 11) is -5.05. The first-order valence-electron chi connectivity index (χ1n) is 28.7. The van der Waals surface area contributed by atoms with Gasteiger partial charge in [0.05, 0.1) is 13.2 Å². The molecule has 1 fully saturated rings. The van der Waals surface area contributed by atoms with Crippen molar-refractivity contribution in [1.29, 1.82) is 0 Å². The van der Waals surface area contributed by atoms with E-state index < -0.39 is 63.1 Å². The number of esters is 1. The number of allylic oxidation sites excluding steroid dienone is 18. The molecule has 6 atom stereocenters. The molecule has 0 radical (unpaired) electrons. The molecule has 0 amide bonds.